The van der Waals surface area contributed by atoms with Crippen molar-refractivity contribution in [2.45, 2.75) is 25.4 Å². The van der Waals surface area contributed by atoms with Gasteiger partial charge >= 0.3 is 0 Å². The molecule has 6 heteroatoms. The Kier molecular flexibility index (Phi) is 5.46. The number of para-hydroxylation sites is 1. The fraction of sp³-hybridized carbons (Fsp3) is 0.240. The molecule has 1 aliphatic heterocycles. The minimum Gasteiger partial charge on any atom is -0.299 e. The molecule has 1 saturated heterocycles. The van der Waals surface area contributed by atoms with Crippen LogP contribution in [0.3, 0.4) is 0 Å². The topological polar surface area (TPSA) is 56.0 Å². The molecule has 0 N–H and O–H groups in total. The SMILES string of the molecule is O=c1ccn(C2CCN(Cc3ccccc3)CC2)nc1-c1ccnn1-c1ccccc1. The van der Waals surface area contributed by atoms with Crippen LogP contribution in [0.15, 0.2) is 90.0 Å². The summed E-state index contributed by atoms with van der Waals surface area (Å²) < 4.78 is 3.75. The van der Waals surface area contributed by atoms with Gasteiger partial charge in [0.1, 0.15) is 0 Å². The number of benzene rings is 2. The summed E-state index contributed by atoms with van der Waals surface area (Å²) in [5.74, 6) is 0. The van der Waals surface area contributed by atoms with Crippen molar-refractivity contribution < 1.29 is 0 Å². The van der Waals surface area contributed by atoms with E-state index in [1.807, 2.05) is 47.3 Å². The molecule has 0 atom stereocenters. The van der Waals surface area contributed by atoms with Crippen LogP contribution in [0.25, 0.3) is 17.1 Å². The van der Waals surface area contributed by atoms with Crippen LogP contribution in [0.5, 0.6) is 0 Å². The van der Waals surface area contributed by atoms with Crippen LogP contribution >= 0.6 is 0 Å². The Morgan fingerprint density at radius 2 is 1.58 bits per heavy atom. The minimum absolute atomic E-state index is 0.0876. The summed E-state index contributed by atoms with van der Waals surface area (Å²) in [5, 5.41) is 9.18. The Bertz CT molecular complexity index is 1190. The smallest absolute Gasteiger partial charge is 0.209 e. The fourth-order valence-corrected chi connectivity index (χ4v) is 4.24. The van der Waals surface area contributed by atoms with E-state index >= 15 is 0 Å². The molecule has 5 rings (SSSR count). The molecule has 0 bridgehead atoms. The second-order valence-electron chi connectivity index (χ2n) is 7.97. The summed E-state index contributed by atoms with van der Waals surface area (Å²) in [4.78, 5) is 15.2. The van der Waals surface area contributed by atoms with Gasteiger partial charge in [0.25, 0.3) is 0 Å². The number of rotatable bonds is 5. The quantitative estimate of drug-likeness (QED) is 0.499. The Labute approximate surface area is 181 Å². The van der Waals surface area contributed by atoms with Gasteiger partial charge in [-0.1, -0.05) is 48.5 Å². The number of nitrogens with zero attached hydrogens (tertiary/aromatic N) is 5. The molecule has 4 aromatic rings. The molecule has 0 saturated carbocycles. The standard InChI is InChI=1S/C25H25N5O/c31-24-14-18-29(21-12-16-28(17-13-21)19-20-7-3-1-4-8-20)27-25(24)23-11-15-26-30(23)22-9-5-2-6-10-22/h1-11,14-15,18,21H,12-13,16-17,19H2. The van der Waals surface area contributed by atoms with Gasteiger partial charge in [0, 0.05) is 31.9 Å². The van der Waals surface area contributed by atoms with Gasteiger partial charge < -0.3 is 0 Å². The van der Waals surface area contributed by atoms with E-state index in [0.717, 1.165) is 38.2 Å². The summed E-state index contributed by atoms with van der Waals surface area (Å²) in [6.45, 7) is 3.02. The average molecular weight is 412 g/mol. The molecule has 0 unspecified atom stereocenters. The molecule has 1 fully saturated rings. The zero-order valence-corrected chi connectivity index (χ0v) is 17.3. The van der Waals surface area contributed by atoms with E-state index in [0.29, 0.717) is 17.4 Å². The predicted molar refractivity (Wildman–Crippen MR) is 121 cm³/mol. The van der Waals surface area contributed by atoms with Crippen molar-refractivity contribution in [2.24, 2.45) is 0 Å². The van der Waals surface area contributed by atoms with Gasteiger partial charge in [-0.15, -0.1) is 0 Å². The highest BCUT2D eigenvalue weighted by atomic mass is 16.1. The summed E-state index contributed by atoms with van der Waals surface area (Å²) in [6.07, 6.45) is 5.57. The summed E-state index contributed by atoms with van der Waals surface area (Å²) in [5.41, 5.74) is 3.32. The minimum atomic E-state index is -0.0876. The summed E-state index contributed by atoms with van der Waals surface area (Å²) >= 11 is 0. The molecule has 156 valence electrons. The average Bonchev–Trinajstić information content (AvgIpc) is 3.31. The molecular formula is C25H25N5O. The van der Waals surface area contributed by atoms with Crippen LogP contribution in [-0.4, -0.2) is 37.6 Å². The van der Waals surface area contributed by atoms with Crippen LogP contribution in [-0.2, 0) is 6.54 Å². The van der Waals surface area contributed by atoms with Crippen molar-refractivity contribution in [3.8, 4) is 17.1 Å². The van der Waals surface area contributed by atoms with Crippen molar-refractivity contribution in [1.29, 1.82) is 0 Å². The Hall–Kier alpha value is -3.51. The van der Waals surface area contributed by atoms with Crippen molar-refractivity contribution in [1.82, 2.24) is 24.5 Å². The molecule has 0 radical (unpaired) electrons. The van der Waals surface area contributed by atoms with E-state index in [2.05, 4.69) is 40.3 Å². The maximum Gasteiger partial charge on any atom is 0.209 e. The number of aromatic nitrogens is 4. The fourth-order valence-electron chi connectivity index (χ4n) is 4.24. The first-order valence-electron chi connectivity index (χ1n) is 10.7. The van der Waals surface area contributed by atoms with Crippen LogP contribution in [0, 0.1) is 0 Å². The molecule has 2 aromatic heterocycles. The third-order valence-corrected chi connectivity index (χ3v) is 5.89. The molecule has 0 amide bonds. The molecule has 3 heterocycles. The number of likely N-dealkylation sites (tertiary alicyclic amines) is 1. The van der Waals surface area contributed by atoms with Crippen molar-refractivity contribution in [3.63, 3.8) is 0 Å². The monoisotopic (exact) mass is 411 g/mol. The predicted octanol–water partition coefficient (Wildman–Crippen LogP) is 3.93. The van der Waals surface area contributed by atoms with Gasteiger partial charge in [-0.3, -0.25) is 14.4 Å². The zero-order chi connectivity index (χ0) is 21.0. The second kappa shape index (κ2) is 8.70. The van der Waals surface area contributed by atoms with E-state index in [9.17, 15) is 4.79 Å². The van der Waals surface area contributed by atoms with E-state index in [1.165, 1.54) is 5.56 Å². The van der Waals surface area contributed by atoms with Crippen LogP contribution in [0.1, 0.15) is 24.4 Å². The van der Waals surface area contributed by atoms with Crippen LogP contribution < -0.4 is 5.43 Å². The molecule has 6 nitrogen and oxygen atoms in total. The lowest BCUT2D eigenvalue weighted by Gasteiger charge is -2.32. The van der Waals surface area contributed by atoms with Gasteiger partial charge in [0.2, 0.25) is 5.43 Å². The van der Waals surface area contributed by atoms with Gasteiger partial charge in [0.05, 0.1) is 23.6 Å². The molecule has 2 aromatic carbocycles. The lowest BCUT2D eigenvalue weighted by Crippen LogP contribution is -2.35. The summed E-state index contributed by atoms with van der Waals surface area (Å²) in [7, 11) is 0. The highest BCUT2D eigenvalue weighted by Crippen LogP contribution is 2.24. The Morgan fingerprint density at radius 1 is 0.871 bits per heavy atom. The normalized spacial score (nSPS) is 15.2. The van der Waals surface area contributed by atoms with Gasteiger partial charge in [-0.05, 0) is 36.6 Å². The van der Waals surface area contributed by atoms with Crippen molar-refractivity contribution in [2.75, 3.05) is 13.1 Å². The van der Waals surface area contributed by atoms with Crippen LogP contribution in [0.4, 0.5) is 0 Å². The molecular weight excluding hydrogens is 386 g/mol. The van der Waals surface area contributed by atoms with Crippen molar-refractivity contribution in [3.05, 3.63) is 101 Å². The number of hydrogen-bond acceptors (Lipinski definition) is 4. The number of piperidine rings is 1. The van der Waals surface area contributed by atoms with Gasteiger partial charge in [-0.25, -0.2) is 4.68 Å². The third-order valence-electron chi connectivity index (χ3n) is 5.89. The maximum atomic E-state index is 12.7. The van der Waals surface area contributed by atoms with Gasteiger partial charge in [0.15, 0.2) is 5.69 Å². The van der Waals surface area contributed by atoms with Gasteiger partial charge in [-0.2, -0.15) is 10.2 Å². The Morgan fingerprint density at radius 3 is 2.32 bits per heavy atom. The highest BCUT2D eigenvalue weighted by molar-refractivity contribution is 5.56. The first kappa shape index (κ1) is 19.5. The van der Waals surface area contributed by atoms with E-state index < -0.39 is 0 Å². The first-order chi connectivity index (χ1) is 15.3. The molecule has 0 aliphatic carbocycles. The Balaban J connectivity index is 1.35. The lowest BCUT2D eigenvalue weighted by atomic mass is 10.0. The van der Waals surface area contributed by atoms with E-state index in [4.69, 9.17) is 5.10 Å². The molecule has 31 heavy (non-hydrogen) atoms. The largest absolute Gasteiger partial charge is 0.299 e. The van der Waals surface area contributed by atoms with E-state index in [-0.39, 0.29) is 5.43 Å². The zero-order valence-electron chi connectivity index (χ0n) is 17.3. The number of hydrogen-bond donors (Lipinski definition) is 0. The first-order valence-corrected chi connectivity index (χ1v) is 10.7. The maximum absolute atomic E-state index is 12.7. The third kappa shape index (κ3) is 4.20. The summed E-state index contributed by atoms with van der Waals surface area (Å²) in [6, 6.07) is 24.2. The van der Waals surface area contributed by atoms with Crippen molar-refractivity contribution >= 4 is 0 Å². The second-order valence-corrected chi connectivity index (χ2v) is 7.97. The lowest BCUT2D eigenvalue weighted by molar-refractivity contribution is 0.172. The highest BCUT2D eigenvalue weighted by Gasteiger charge is 2.22. The molecule has 0 spiro atoms. The molecule has 1 aliphatic rings. The van der Waals surface area contributed by atoms with E-state index in [1.54, 1.807) is 16.9 Å². The van der Waals surface area contributed by atoms with Crippen LogP contribution in [0.2, 0.25) is 0 Å².